The highest BCUT2D eigenvalue weighted by molar-refractivity contribution is 5.91. The fourth-order valence-electron chi connectivity index (χ4n) is 1.27. The molecule has 98 valence electrons. The Morgan fingerprint density at radius 3 is 2.67 bits per heavy atom. The smallest absolute Gasteiger partial charge is 0.321 e. The van der Waals surface area contributed by atoms with Crippen LogP contribution in [0, 0.1) is 5.92 Å². The van der Waals surface area contributed by atoms with Gasteiger partial charge in [0.2, 0.25) is 0 Å². The summed E-state index contributed by atoms with van der Waals surface area (Å²) in [6.07, 6.45) is 0. The van der Waals surface area contributed by atoms with Crippen LogP contribution in [0.25, 0.3) is 0 Å². The lowest BCUT2D eigenvalue weighted by atomic mass is 10.2. The van der Waals surface area contributed by atoms with Gasteiger partial charge in [-0.3, -0.25) is 9.69 Å². The zero-order valence-corrected chi connectivity index (χ0v) is 10.3. The van der Waals surface area contributed by atoms with E-state index in [0.29, 0.717) is 5.69 Å². The van der Waals surface area contributed by atoms with Gasteiger partial charge in [-0.2, -0.15) is 0 Å². The van der Waals surface area contributed by atoms with Crippen LogP contribution in [0.1, 0.15) is 6.92 Å². The number of nitrogens with zero attached hydrogens (tertiary/aromatic N) is 1. The highest BCUT2D eigenvalue weighted by Gasteiger charge is 2.15. The van der Waals surface area contributed by atoms with Gasteiger partial charge in [-0.15, -0.1) is 0 Å². The zero-order chi connectivity index (χ0) is 13.7. The number of anilines is 1. The van der Waals surface area contributed by atoms with Crippen LogP contribution in [0.5, 0.6) is 5.75 Å². The first-order valence-electron chi connectivity index (χ1n) is 5.45. The summed E-state index contributed by atoms with van der Waals surface area (Å²) in [5, 5.41) is 20.5. The molecule has 0 aromatic heterocycles. The number of hydrogen-bond donors (Lipinski definition) is 3. The largest absolute Gasteiger partial charge is 0.508 e. The van der Waals surface area contributed by atoms with Crippen LogP contribution in [0.3, 0.4) is 0 Å². The van der Waals surface area contributed by atoms with Crippen molar-refractivity contribution in [2.75, 3.05) is 18.5 Å². The average molecular weight is 252 g/mol. The van der Waals surface area contributed by atoms with E-state index in [2.05, 4.69) is 5.32 Å². The molecule has 0 aliphatic rings. The lowest BCUT2D eigenvalue weighted by molar-refractivity contribution is -0.140. The maximum Gasteiger partial charge on any atom is 0.321 e. The molecule has 6 nitrogen and oxygen atoms in total. The number of aromatic hydroxyl groups is 1. The van der Waals surface area contributed by atoms with Gasteiger partial charge in [0.25, 0.3) is 0 Å². The van der Waals surface area contributed by atoms with E-state index in [9.17, 15) is 14.7 Å². The van der Waals surface area contributed by atoms with Gasteiger partial charge in [-0.1, -0.05) is 13.0 Å². The van der Waals surface area contributed by atoms with Gasteiger partial charge in [0.15, 0.2) is 0 Å². The molecule has 6 heteroatoms. The van der Waals surface area contributed by atoms with E-state index >= 15 is 0 Å². The summed E-state index contributed by atoms with van der Waals surface area (Å²) in [4.78, 5) is 23.6. The van der Waals surface area contributed by atoms with Crippen LogP contribution >= 0.6 is 0 Å². The number of benzene rings is 1. The monoisotopic (exact) mass is 252 g/mol. The van der Waals surface area contributed by atoms with Crippen molar-refractivity contribution in [3.05, 3.63) is 24.3 Å². The molecule has 0 bridgehead atoms. The molecule has 0 saturated carbocycles. The topological polar surface area (TPSA) is 89.9 Å². The maximum atomic E-state index is 11.7. The highest BCUT2D eigenvalue weighted by Crippen LogP contribution is 2.18. The zero-order valence-electron chi connectivity index (χ0n) is 10.3. The average Bonchev–Trinajstić information content (AvgIpc) is 2.34. The first-order chi connectivity index (χ1) is 8.41. The number of urea groups is 1. The van der Waals surface area contributed by atoms with E-state index in [1.54, 1.807) is 12.1 Å². The third-order valence-corrected chi connectivity index (χ3v) is 2.50. The molecule has 0 saturated heterocycles. The first kappa shape index (κ1) is 13.8. The third-order valence-electron chi connectivity index (χ3n) is 2.50. The number of phenolic OH excluding ortho intramolecular Hbond substituents is 1. The van der Waals surface area contributed by atoms with Gasteiger partial charge in [0, 0.05) is 25.3 Å². The molecule has 0 radical (unpaired) electrons. The molecular formula is C12H16N2O4. The number of carboxylic acid groups (broad SMARTS) is 1. The van der Waals surface area contributed by atoms with Gasteiger partial charge in [-0.25, -0.2) is 4.79 Å². The molecular weight excluding hydrogens is 236 g/mol. The van der Waals surface area contributed by atoms with Gasteiger partial charge in [0.05, 0.1) is 5.92 Å². The SMILES string of the molecule is CC(CNC(=O)N(C)c1cccc(O)c1)C(=O)O. The van der Waals surface area contributed by atoms with E-state index in [4.69, 9.17) is 5.11 Å². The number of hydrogen-bond acceptors (Lipinski definition) is 3. The van der Waals surface area contributed by atoms with Crippen LogP contribution < -0.4 is 10.2 Å². The summed E-state index contributed by atoms with van der Waals surface area (Å²) in [5.41, 5.74) is 0.524. The summed E-state index contributed by atoms with van der Waals surface area (Å²) in [6.45, 7) is 1.56. The molecule has 3 N–H and O–H groups in total. The number of rotatable bonds is 4. The number of carbonyl (C=O) groups excluding carboxylic acids is 1. The molecule has 1 rings (SSSR count). The van der Waals surface area contributed by atoms with E-state index < -0.39 is 17.9 Å². The minimum atomic E-state index is -0.963. The maximum absolute atomic E-state index is 11.7. The second kappa shape index (κ2) is 5.90. The molecule has 0 fully saturated rings. The molecule has 1 aromatic carbocycles. The Labute approximate surface area is 105 Å². The molecule has 0 aliphatic carbocycles. The summed E-state index contributed by atoms with van der Waals surface area (Å²) < 4.78 is 0. The van der Waals surface area contributed by atoms with E-state index in [1.807, 2.05) is 0 Å². The van der Waals surface area contributed by atoms with Crippen LogP contribution in [0.15, 0.2) is 24.3 Å². The van der Waals surface area contributed by atoms with E-state index in [-0.39, 0.29) is 12.3 Å². The first-order valence-corrected chi connectivity index (χ1v) is 5.45. The van der Waals surface area contributed by atoms with Crippen LogP contribution in [-0.4, -0.2) is 35.8 Å². The summed E-state index contributed by atoms with van der Waals surface area (Å²) in [6, 6.07) is 5.81. The number of aliphatic carboxylic acids is 1. The van der Waals surface area contributed by atoms with Crippen molar-refractivity contribution in [1.29, 1.82) is 0 Å². The van der Waals surface area contributed by atoms with Crippen LogP contribution in [0.2, 0.25) is 0 Å². The van der Waals surface area contributed by atoms with Crippen molar-refractivity contribution >= 4 is 17.7 Å². The third kappa shape index (κ3) is 3.65. The number of phenols is 1. The van der Waals surface area contributed by atoms with Crippen molar-refractivity contribution in [3.8, 4) is 5.75 Å². The Morgan fingerprint density at radius 1 is 1.44 bits per heavy atom. The summed E-state index contributed by atoms with van der Waals surface area (Å²) >= 11 is 0. The van der Waals surface area contributed by atoms with Gasteiger partial charge in [-0.05, 0) is 12.1 Å². The van der Waals surface area contributed by atoms with E-state index in [0.717, 1.165) is 0 Å². The predicted molar refractivity (Wildman–Crippen MR) is 66.7 cm³/mol. The van der Waals surface area contributed by atoms with E-state index in [1.165, 1.54) is 31.0 Å². The van der Waals surface area contributed by atoms with Crippen molar-refractivity contribution < 1.29 is 19.8 Å². The normalized spacial score (nSPS) is 11.7. The van der Waals surface area contributed by atoms with Crippen LogP contribution in [-0.2, 0) is 4.79 Å². The quantitative estimate of drug-likeness (QED) is 0.752. The molecule has 18 heavy (non-hydrogen) atoms. The van der Waals surface area contributed by atoms with Crippen molar-refractivity contribution in [2.24, 2.45) is 5.92 Å². The molecule has 1 atom stereocenters. The van der Waals surface area contributed by atoms with Crippen LogP contribution in [0.4, 0.5) is 10.5 Å². The number of nitrogens with one attached hydrogen (secondary N) is 1. The predicted octanol–water partition coefficient (Wildman–Crippen LogP) is 1.26. The molecule has 0 aliphatic heterocycles. The summed E-state index contributed by atoms with van der Waals surface area (Å²) in [7, 11) is 1.54. The molecule has 1 aromatic rings. The lowest BCUT2D eigenvalue weighted by Gasteiger charge is -2.19. The Hall–Kier alpha value is -2.24. The van der Waals surface area contributed by atoms with Crippen molar-refractivity contribution in [3.63, 3.8) is 0 Å². The minimum Gasteiger partial charge on any atom is -0.508 e. The van der Waals surface area contributed by atoms with Gasteiger partial charge < -0.3 is 15.5 Å². The van der Waals surface area contributed by atoms with Gasteiger partial charge in [0.1, 0.15) is 5.75 Å². The minimum absolute atomic E-state index is 0.0529. The Balaban J connectivity index is 2.59. The highest BCUT2D eigenvalue weighted by atomic mass is 16.4. The van der Waals surface area contributed by atoms with Crippen molar-refractivity contribution in [1.82, 2.24) is 5.32 Å². The fraction of sp³-hybridized carbons (Fsp3) is 0.333. The number of amides is 2. The Bertz CT molecular complexity index is 447. The number of carbonyl (C=O) groups is 2. The second-order valence-corrected chi connectivity index (χ2v) is 4.00. The molecule has 0 heterocycles. The molecule has 0 spiro atoms. The standard InChI is InChI=1S/C12H16N2O4/c1-8(11(16)17)7-13-12(18)14(2)9-4-3-5-10(15)6-9/h3-6,8,15H,7H2,1-2H3,(H,13,18)(H,16,17). The fourth-order valence-corrected chi connectivity index (χ4v) is 1.27. The Kier molecular flexibility index (Phi) is 4.53. The second-order valence-electron chi connectivity index (χ2n) is 4.00. The Morgan fingerprint density at radius 2 is 2.11 bits per heavy atom. The summed E-state index contributed by atoms with van der Waals surface area (Å²) in [5.74, 6) is -1.55. The van der Waals surface area contributed by atoms with Gasteiger partial charge >= 0.3 is 12.0 Å². The number of carboxylic acids is 1. The molecule has 1 unspecified atom stereocenters. The molecule has 2 amide bonds. The lowest BCUT2D eigenvalue weighted by Crippen LogP contribution is -2.40. The van der Waals surface area contributed by atoms with Crippen molar-refractivity contribution in [2.45, 2.75) is 6.92 Å².